The van der Waals surface area contributed by atoms with Crippen LogP contribution in [0.3, 0.4) is 0 Å². The lowest BCUT2D eigenvalue weighted by Gasteiger charge is -2.33. The molecule has 0 radical (unpaired) electrons. The number of hydrogen-bond donors (Lipinski definition) is 0. The van der Waals surface area contributed by atoms with Crippen LogP contribution < -0.4 is 4.90 Å². The smallest absolute Gasteiger partial charge is 0.0994 e. The van der Waals surface area contributed by atoms with Gasteiger partial charge in [0.25, 0.3) is 0 Å². The SMILES string of the molecule is C=C/C=C\C(=C/CSC)C(C)N(CC)c1ccc(C#N)c(C)c1C. The number of nitrogens with zero attached hydrogens (tertiary/aromatic N) is 2. The average molecular weight is 341 g/mol. The molecule has 1 aromatic rings. The second-order valence-electron chi connectivity index (χ2n) is 5.71. The Balaban J connectivity index is 3.29. The number of likely N-dealkylation sites (N-methyl/N-ethyl adjacent to an activating group) is 1. The molecule has 0 aliphatic rings. The van der Waals surface area contributed by atoms with Gasteiger partial charge in [-0.3, -0.25) is 0 Å². The maximum Gasteiger partial charge on any atom is 0.0994 e. The highest BCUT2D eigenvalue weighted by Gasteiger charge is 2.18. The summed E-state index contributed by atoms with van der Waals surface area (Å²) in [5.74, 6) is 0.990. The summed E-state index contributed by atoms with van der Waals surface area (Å²) < 4.78 is 0. The van der Waals surface area contributed by atoms with Crippen molar-refractivity contribution in [3.63, 3.8) is 0 Å². The number of anilines is 1. The Labute approximate surface area is 151 Å². The molecule has 1 aromatic carbocycles. The Hall–Kier alpha value is -1.92. The minimum absolute atomic E-state index is 0.254. The van der Waals surface area contributed by atoms with E-state index in [-0.39, 0.29) is 6.04 Å². The molecule has 24 heavy (non-hydrogen) atoms. The van der Waals surface area contributed by atoms with Gasteiger partial charge < -0.3 is 4.90 Å². The summed E-state index contributed by atoms with van der Waals surface area (Å²) in [5.41, 5.74) is 5.48. The third-order valence-corrected chi connectivity index (χ3v) is 4.89. The fourth-order valence-electron chi connectivity index (χ4n) is 2.81. The highest BCUT2D eigenvalue weighted by molar-refractivity contribution is 7.98. The molecule has 0 fully saturated rings. The van der Waals surface area contributed by atoms with Crippen LogP contribution in [-0.4, -0.2) is 24.6 Å². The molecule has 0 saturated heterocycles. The van der Waals surface area contributed by atoms with E-state index < -0.39 is 0 Å². The maximum atomic E-state index is 9.23. The van der Waals surface area contributed by atoms with E-state index in [0.29, 0.717) is 0 Å². The highest BCUT2D eigenvalue weighted by atomic mass is 32.2. The van der Waals surface area contributed by atoms with Crippen LogP contribution in [0.5, 0.6) is 0 Å². The zero-order valence-corrected chi connectivity index (χ0v) is 16.3. The third kappa shape index (κ3) is 4.79. The van der Waals surface area contributed by atoms with Gasteiger partial charge in [0.1, 0.15) is 0 Å². The van der Waals surface area contributed by atoms with Crippen LogP contribution in [0.4, 0.5) is 5.69 Å². The van der Waals surface area contributed by atoms with E-state index in [9.17, 15) is 5.26 Å². The zero-order chi connectivity index (χ0) is 18.1. The first-order valence-electron chi connectivity index (χ1n) is 8.26. The first-order chi connectivity index (χ1) is 11.5. The van der Waals surface area contributed by atoms with Gasteiger partial charge >= 0.3 is 0 Å². The van der Waals surface area contributed by atoms with E-state index >= 15 is 0 Å². The van der Waals surface area contributed by atoms with Gasteiger partial charge in [-0.25, -0.2) is 0 Å². The molecule has 0 N–H and O–H groups in total. The van der Waals surface area contributed by atoms with Gasteiger partial charge in [0, 0.05) is 18.0 Å². The first-order valence-corrected chi connectivity index (χ1v) is 9.66. The van der Waals surface area contributed by atoms with Crippen molar-refractivity contribution in [2.75, 3.05) is 23.5 Å². The number of thioether (sulfide) groups is 1. The van der Waals surface area contributed by atoms with Crippen molar-refractivity contribution < 1.29 is 0 Å². The number of hydrogen-bond acceptors (Lipinski definition) is 3. The zero-order valence-electron chi connectivity index (χ0n) is 15.5. The molecule has 0 aromatic heterocycles. The molecule has 3 heteroatoms. The molecule has 128 valence electrons. The number of nitriles is 1. The molecule has 1 rings (SSSR count). The quantitative estimate of drug-likeness (QED) is 0.591. The summed E-state index contributed by atoms with van der Waals surface area (Å²) in [7, 11) is 0. The molecule has 0 bridgehead atoms. The topological polar surface area (TPSA) is 27.0 Å². The van der Waals surface area contributed by atoms with Gasteiger partial charge in [-0.05, 0) is 62.8 Å². The number of allylic oxidation sites excluding steroid dienone is 2. The molecule has 0 aliphatic carbocycles. The minimum atomic E-state index is 0.254. The fraction of sp³-hybridized carbons (Fsp3) is 0.381. The van der Waals surface area contributed by atoms with Crippen molar-refractivity contribution in [3.8, 4) is 6.07 Å². The Morgan fingerprint density at radius 2 is 2.08 bits per heavy atom. The minimum Gasteiger partial charge on any atom is -0.365 e. The van der Waals surface area contributed by atoms with E-state index in [0.717, 1.165) is 23.4 Å². The summed E-state index contributed by atoms with van der Waals surface area (Å²) in [4.78, 5) is 2.39. The molecule has 1 atom stereocenters. The predicted molar refractivity (Wildman–Crippen MR) is 109 cm³/mol. The summed E-state index contributed by atoms with van der Waals surface area (Å²) in [6.07, 6.45) is 10.3. The highest BCUT2D eigenvalue weighted by Crippen LogP contribution is 2.29. The standard InChI is InChI=1S/C21H28N2S/c1-7-9-10-19(13-14-24-6)18(5)23(8-2)21-12-11-20(15-22)16(3)17(21)4/h7,9-13,18H,1,8,14H2,2-6H3/b10-9-,19-13+. The van der Waals surface area contributed by atoms with Crippen LogP contribution in [0.25, 0.3) is 0 Å². The lowest BCUT2D eigenvalue weighted by Crippen LogP contribution is -2.34. The summed E-state index contributed by atoms with van der Waals surface area (Å²) in [6.45, 7) is 13.2. The molecule has 0 aliphatic heterocycles. The summed E-state index contributed by atoms with van der Waals surface area (Å²) >= 11 is 1.82. The first kappa shape index (κ1) is 20.1. The summed E-state index contributed by atoms with van der Waals surface area (Å²) in [5, 5.41) is 9.23. The molecule has 0 spiro atoms. The predicted octanol–water partition coefficient (Wildman–Crippen LogP) is 5.42. The molecule has 0 amide bonds. The lowest BCUT2D eigenvalue weighted by molar-refractivity contribution is 0.733. The maximum absolute atomic E-state index is 9.23. The third-order valence-electron chi connectivity index (χ3n) is 4.39. The molecular formula is C21H28N2S. The van der Waals surface area contributed by atoms with Crippen molar-refractivity contribution in [1.29, 1.82) is 5.26 Å². The van der Waals surface area contributed by atoms with Crippen molar-refractivity contribution >= 4 is 17.4 Å². The van der Waals surface area contributed by atoms with Crippen LogP contribution in [0.1, 0.15) is 30.5 Å². The van der Waals surface area contributed by atoms with E-state index in [1.165, 1.54) is 16.8 Å². The van der Waals surface area contributed by atoms with E-state index in [1.807, 2.05) is 36.9 Å². The second-order valence-corrected chi connectivity index (χ2v) is 6.62. The number of benzene rings is 1. The molecule has 0 saturated carbocycles. The number of rotatable bonds is 8. The van der Waals surface area contributed by atoms with Gasteiger partial charge in [-0.15, -0.1) is 0 Å². The van der Waals surface area contributed by atoms with Gasteiger partial charge in [0.2, 0.25) is 0 Å². The Bertz CT molecular complexity index is 665. The van der Waals surface area contributed by atoms with Gasteiger partial charge in [0.05, 0.1) is 17.7 Å². The van der Waals surface area contributed by atoms with Gasteiger partial charge in [-0.2, -0.15) is 17.0 Å². The molecule has 2 nitrogen and oxygen atoms in total. The lowest BCUT2D eigenvalue weighted by atomic mass is 9.99. The van der Waals surface area contributed by atoms with Crippen LogP contribution >= 0.6 is 11.8 Å². The normalized spacial score (nSPS) is 12.9. The summed E-state index contributed by atoms with van der Waals surface area (Å²) in [6, 6.07) is 6.53. The second kappa shape index (κ2) is 10.1. The molecular weight excluding hydrogens is 312 g/mol. The van der Waals surface area contributed by atoms with Crippen LogP contribution in [0, 0.1) is 25.2 Å². The van der Waals surface area contributed by atoms with Gasteiger partial charge in [-0.1, -0.05) is 30.9 Å². The van der Waals surface area contributed by atoms with E-state index in [4.69, 9.17) is 0 Å². The molecule has 1 unspecified atom stereocenters. The Kier molecular flexibility index (Phi) is 8.43. The average Bonchev–Trinajstić information content (AvgIpc) is 2.59. The largest absolute Gasteiger partial charge is 0.365 e. The molecule has 0 heterocycles. The van der Waals surface area contributed by atoms with Crippen LogP contribution in [-0.2, 0) is 0 Å². The Morgan fingerprint density at radius 1 is 1.38 bits per heavy atom. The fourth-order valence-corrected chi connectivity index (χ4v) is 3.17. The van der Waals surface area contributed by atoms with E-state index in [2.05, 4.69) is 62.8 Å². The van der Waals surface area contributed by atoms with Crippen molar-refractivity contribution in [1.82, 2.24) is 0 Å². The van der Waals surface area contributed by atoms with Gasteiger partial charge in [0.15, 0.2) is 0 Å². The van der Waals surface area contributed by atoms with Crippen molar-refractivity contribution in [3.05, 3.63) is 65.3 Å². The Morgan fingerprint density at radius 3 is 2.62 bits per heavy atom. The van der Waals surface area contributed by atoms with Crippen molar-refractivity contribution in [2.24, 2.45) is 0 Å². The van der Waals surface area contributed by atoms with E-state index in [1.54, 1.807) is 0 Å². The van der Waals surface area contributed by atoms with Crippen molar-refractivity contribution in [2.45, 2.75) is 33.7 Å². The van der Waals surface area contributed by atoms with Crippen LogP contribution in [0.15, 0.2) is 48.6 Å². The monoisotopic (exact) mass is 340 g/mol. The van der Waals surface area contributed by atoms with Crippen LogP contribution in [0.2, 0.25) is 0 Å².